The van der Waals surface area contributed by atoms with E-state index in [1.54, 1.807) is 0 Å². The van der Waals surface area contributed by atoms with Gasteiger partial charge in [-0.25, -0.2) is 0 Å². The van der Waals surface area contributed by atoms with Gasteiger partial charge >= 0.3 is 0 Å². The third-order valence-electron chi connectivity index (χ3n) is 2.04. The first-order valence-electron chi connectivity index (χ1n) is 3.74. The topological polar surface area (TPSA) is 55.6 Å². The van der Waals surface area contributed by atoms with Crippen molar-refractivity contribution in [2.75, 3.05) is 20.2 Å². The van der Waals surface area contributed by atoms with Crippen LogP contribution in [0.4, 0.5) is 0 Å². The van der Waals surface area contributed by atoms with Crippen molar-refractivity contribution in [3.8, 4) is 0 Å². The maximum absolute atomic E-state index is 10.9. The van der Waals surface area contributed by atoms with Gasteiger partial charge in [0, 0.05) is 6.54 Å². The second kappa shape index (κ2) is 3.19. The van der Waals surface area contributed by atoms with Crippen molar-refractivity contribution in [1.29, 1.82) is 0 Å². The first-order chi connectivity index (χ1) is 5.13. The van der Waals surface area contributed by atoms with Crippen molar-refractivity contribution in [2.45, 2.75) is 19.1 Å². The number of hydrogen-bond donors (Lipinski definition) is 1. The molecule has 0 spiro atoms. The van der Waals surface area contributed by atoms with Crippen molar-refractivity contribution in [2.24, 2.45) is 5.73 Å². The zero-order valence-corrected chi connectivity index (χ0v) is 6.91. The van der Waals surface area contributed by atoms with E-state index in [0.29, 0.717) is 6.61 Å². The van der Waals surface area contributed by atoms with E-state index in [9.17, 15) is 4.79 Å². The lowest BCUT2D eigenvalue weighted by Crippen LogP contribution is -2.54. The monoisotopic (exact) mass is 158 g/mol. The SMILES string of the molecule is C[C@H]1OCCN(C)[C@@H]1C(N)=O. The van der Waals surface area contributed by atoms with Crippen molar-refractivity contribution < 1.29 is 9.53 Å². The summed E-state index contributed by atoms with van der Waals surface area (Å²) < 4.78 is 5.28. The summed E-state index contributed by atoms with van der Waals surface area (Å²) in [6.07, 6.45) is -0.0775. The molecule has 1 fully saturated rings. The normalized spacial score (nSPS) is 33.6. The third kappa shape index (κ3) is 1.70. The van der Waals surface area contributed by atoms with E-state index in [1.807, 2.05) is 18.9 Å². The van der Waals surface area contributed by atoms with Crippen LogP contribution >= 0.6 is 0 Å². The Bertz CT molecular complexity index is 151. The second-order valence-electron chi connectivity index (χ2n) is 2.90. The molecule has 0 aromatic heterocycles. The van der Waals surface area contributed by atoms with Gasteiger partial charge in [0.2, 0.25) is 5.91 Å². The molecule has 0 aliphatic carbocycles. The van der Waals surface area contributed by atoms with Gasteiger partial charge in [-0.05, 0) is 14.0 Å². The predicted octanol–water partition coefficient (Wildman–Crippen LogP) is -0.809. The Morgan fingerprint density at radius 2 is 2.36 bits per heavy atom. The summed E-state index contributed by atoms with van der Waals surface area (Å²) in [5.74, 6) is -0.306. The summed E-state index contributed by atoms with van der Waals surface area (Å²) in [6.45, 7) is 3.32. The van der Waals surface area contributed by atoms with Gasteiger partial charge in [-0.2, -0.15) is 0 Å². The number of amides is 1. The Kier molecular flexibility index (Phi) is 2.46. The van der Waals surface area contributed by atoms with Crippen molar-refractivity contribution >= 4 is 5.91 Å². The van der Waals surface area contributed by atoms with Crippen molar-refractivity contribution in [1.82, 2.24) is 4.90 Å². The van der Waals surface area contributed by atoms with Crippen LogP contribution in [-0.2, 0) is 9.53 Å². The molecule has 2 N–H and O–H groups in total. The van der Waals surface area contributed by atoms with Gasteiger partial charge in [0.25, 0.3) is 0 Å². The average Bonchev–Trinajstić information content (AvgIpc) is 1.85. The third-order valence-corrected chi connectivity index (χ3v) is 2.04. The van der Waals surface area contributed by atoms with Crippen LogP contribution < -0.4 is 5.73 Å². The van der Waals surface area contributed by atoms with E-state index >= 15 is 0 Å². The molecule has 11 heavy (non-hydrogen) atoms. The molecule has 1 aliphatic rings. The highest BCUT2D eigenvalue weighted by Crippen LogP contribution is 2.10. The number of hydrogen-bond acceptors (Lipinski definition) is 3. The standard InChI is InChI=1S/C7H14N2O2/c1-5-6(7(8)10)9(2)3-4-11-5/h5-6H,3-4H2,1-2H3,(H2,8,10)/t5-,6+/m1/s1. The Hall–Kier alpha value is -0.610. The molecule has 1 heterocycles. The highest BCUT2D eigenvalue weighted by Gasteiger charge is 2.30. The fourth-order valence-electron chi connectivity index (χ4n) is 1.42. The average molecular weight is 158 g/mol. The van der Waals surface area contributed by atoms with Crippen molar-refractivity contribution in [3.05, 3.63) is 0 Å². The van der Waals surface area contributed by atoms with Gasteiger partial charge in [-0.1, -0.05) is 0 Å². The highest BCUT2D eigenvalue weighted by molar-refractivity contribution is 5.80. The number of likely N-dealkylation sites (N-methyl/N-ethyl adjacent to an activating group) is 1. The molecule has 0 aromatic carbocycles. The Morgan fingerprint density at radius 1 is 1.73 bits per heavy atom. The second-order valence-corrected chi connectivity index (χ2v) is 2.90. The van der Waals surface area contributed by atoms with E-state index < -0.39 is 0 Å². The van der Waals surface area contributed by atoms with Crippen LogP contribution in [0.3, 0.4) is 0 Å². The minimum atomic E-state index is -0.306. The van der Waals surface area contributed by atoms with Crippen LogP contribution in [0.25, 0.3) is 0 Å². The van der Waals surface area contributed by atoms with Gasteiger partial charge in [0.1, 0.15) is 6.04 Å². The fourth-order valence-corrected chi connectivity index (χ4v) is 1.42. The largest absolute Gasteiger partial charge is 0.375 e. The summed E-state index contributed by atoms with van der Waals surface area (Å²) in [6, 6.07) is -0.260. The Morgan fingerprint density at radius 3 is 2.73 bits per heavy atom. The minimum absolute atomic E-state index is 0.0775. The molecule has 0 unspecified atom stereocenters. The van der Waals surface area contributed by atoms with E-state index in [1.165, 1.54) is 0 Å². The zero-order chi connectivity index (χ0) is 8.43. The van der Waals surface area contributed by atoms with Crippen molar-refractivity contribution in [3.63, 3.8) is 0 Å². The molecule has 1 amide bonds. The molecule has 4 nitrogen and oxygen atoms in total. The highest BCUT2D eigenvalue weighted by atomic mass is 16.5. The quantitative estimate of drug-likeness (QED) is 0.543. The summed E-state index contributed by atoms with van der Waals surface area (Å²) in [5, 5.41) is 0. The Balaban J connectivity index is 2.62. The van der Waals surface area contributed by atoms with E-state index in [-0.39, 0.29) is 18.1 Å². The van der Waals surface area contributed by atoms with Gasteiger partial charge in [-0.3, -0.25) is 9.69 Å². The lowest BCUT2D eigenvalue weighted by Gasteiger charge is -2.35. The molecule has 2 atom stereocenters. The maximum Gasteiger partial charge on any atom is 0.237 e. The first kappa shape index (κ1) is 8.49. The van der Waals surface area contributed by atoms with Gasteiger partial charge in [0.05, 0.1) is 12.7 Å². The van der Waals surface area contributed by atoms with Crippen LogP contribution in [0, 0.1) is 0 Å². The molecule has 0 radical (unpaired) electrons. The first-order valence-corrected chi connectivity index (χ1v) is 3.74. The number of nitrogens with zero attached hydrogens (tertiary/aromatic N) is 1. The van der Waals surface area contributed by atoms with E-state index in [4.69, 9.17) is 10.5 Å². The Labute approximate surface area is 66.3 Å². The lowest BCUT2D eigenvalue weighted by molar-refractivity contribution is -0.133. The number of rotatable bonds is 1. The zero-order valence-electron chi connectivity index (χ0n) is 6.91. The van der Waals surface area contributed by atoms with Crippen LogP contribution in [-0.4, -0.2) is 43.2 Å². The minimum Gasteiger partial charge on any atom is -0.375 e. The number of morpholine rings is 1. The summed E-state index contributed by atoms with van der Waals surface area (Å²) >= 11 is 0. The smallest absolute Gasteiger partial charge is 0.237 e. The number of ether oxygens (including phenoxy) is 1. The molecule has 0 aromatic rings. The van der Waals surface area contributed by atoms with Gasteiger partial charge in [-0.15, -0.1) is 0 Å². The van der Waals surface area contributed by atoms with Crippen LogP contribution in [0.1, 0.15) is 6.92 Å². The summed E-state index contributed by atoms with van der Waals surface area (Å²) in [7, 11) is 1.88. The molecule has 64 valence electrons. The molecule has 1 rings (SSSR count). The molecule has 0 saturated carbocycles. The van der Waals surface area contributed by atoms with Gasteiger partial charge < -0.3 is 10.5 Å². The maximum atomic E-state index is 10.9. The lowest BCUT2D eigenvalue weighted by atomic mass is 10.1. The molecule has 4 heteroatoms. The predicted molar refractivity (Wildman–Crippen MR) is 41.0 cm³/mol. The molecular weight excluding hydrogens is 144 g/mol. The molecular formula is C7H14N2O2. The molecule has 1 saturated heterocycles. The molecule has 0 bridgehead atoms. The van der Waals surface area contributed by atoms with E-state index in [0.717, 1.165) is 6.54 Å². The number of nitrogens with two attached hydrogens (primary N) is 1. The molecule has 1 aliphatic heterocycles. The van der Waals surface area contributed by atoms with Crippen LogP contribution in [0.5, 0.6) is 0 Å². The number of primary amides is 1. The van der Waals surface area contributed by atoms with Crippen LogP contribution in [0.2, 0.25) is 0 Å². The van der Waals surface area contributed by atoms with E-state index in [2.05, 4.69) is 0 Å². The fraction of sp³-hybridized carbons (Fsp3) is 0.857. The van der Waals surface area contributed by atoms with Crippen LogP contribution in [0.15, 0.2) is 0 Å². The number of carbonyl (C=O) groups is 1. The number of carbonyl (C=O) groups excluding carboxylic acids is 1. The van der Waals surface area contributed by atoms with Gasteiger partial charge in [0.15, 0.2) is 0 Å². The summed E-state index contributed by atoms with van der Waals surface area (Å²) in [4.78, 5) is 12.8. The summed E-state index contributed by atoms with van der Waals surface area (Å²) in [5.41, 5.74) is 5.19.